The number of aromatic nitrogens is 1. The third-order valence-electron chi connectivity index (χ3n) is 8.49. The van der Waals surface area contributed by atoms with Gasteiger partial charge in [-0.05, 0) is 83.2 Å². The topological polar surface area (TPSA) is 42.4 Å². The highest BCUT2D eigenvalue weighted by Crippen LogP contribution is 2.41. The van der Waals surface area contributed by atoms with Gasteiger partial charge in [0.05, 0.1) is 0 Å². The molecular weight excluding hydrogens is 552 g/mol. The van der Waals surface area contributed by atoms with Gasteiger partial charge in [-0.2, -0.15) is 0 Å². The van der Waals surface area contributed by atoms with Crippen LogP contribution in [-0.4, -0.2) is 4.98 Å². The molecule has 0 aliphatic heterocycles. The summed E-state index contributed by atoms with van der Waals surface area (Å²) in [6, 6.07) is 54.5. The standard InChI is InChI=1S/C41H26N2O2/c1-3-10-29(11-4-1)41-42-40-35-26-32(24-20-28(35)21-25-38(40)45-41)43(30-12-5-2-6-13-30)31-22-18-27(19-23-31)33-15-9-17-37-39(33)34-14-7-8-16-36(34)44-37/h1-26H. The highest BCUT2D eigenvalue weighted by atomic mass is 16.3. The fourth-order valence-electron chi connectivity index (χ4n) is 6.37. The van der Waals surface area contributed by atoms with Crippen LogP contribution in [0.4, 0.5) is 17.1 Å². The van der Waals surface area contributed by atoms with Gasteiger partial charge in [-0.15, -0.1) is 0 Å². The number of rotatable bonds is 5. The van der Waals surface area contributed by atoms with E-state index in [-0.39, 0.29) is 0 Å². The van der Waals surface area contributed by atoms with Gasteiger partial charge in [0.15, 0.2) is 5.58 Å². The summed E-state index contributed by atoms with van der Waals surface area (Å²) in [7, 11) is 0. The van der Waals surface area contributed by atoms with Crippen LogP contribution in [0.2, 0.25) is 0 Å². The van der Waals surface area contributed by atoms with E-state index in [2.05, 4.69) is 102 Å². The average Bonchev–Trinajstić information content (AvgIpc) is 3.72. The van der Waals surface area contributed by atoms with Crippen LogP contribution in [-0.2, 0) is 0 Å². The molecular formula is C41H26N2O2. The highest BCUT2D eigenvalue weighted by molar-refractivity contribution is 6.12. The second-order valence-electron chi connectivity index (χ2n) is 11.2. The van der Waals surface area contributed by atoms with Crippen molar-refractivity contribution in [1.29, 1.82) is 0 Å². The van der Waals surface area contributed by atoms with Crippen LogP contribution < -0.4 is 4.90 Å². The summed E-state index contributed by atoms with van der Waals surface area (Å²) in [4.78, 5) is 7.24. The van der Waals surface area contributed by atoms with Crippen LogP contribution in [0.15, 0.2) is 167 Å². The molecule has 0 radical (unpaired) electrons. The van der Waals surface area contributed by atoms with E-state index in [0.717, 1.165) is 77.6 Å². The smallest absolute Gasteiger partial charge is 0.227 e. The number of hydrogen-bond donors (Lipinski definition) is 0. The Morgan fingerprint density at radius 1 is 0.444 bits per heavy atom. The molecule has 0 saturated heterocycles. The fourth-order valence-corrected chi connectivity index (χ4v) is 6.37. The van der Waals surface area contributed by atoms with Crippen molar-refractivity contribution in [3.63, 3.8) is 0 Å². The number of oxazole rings is 1. The molecule has 0 amide bonds. The molecule has 4 heteroatoms. The lowest BCUT2D eigenvalue weighted by Gasteiger charge is -2.26. The molecule has 0 atom stereocenters. The summed E-state index contributed by atoms with van der Waals surface area (Å²) < 4.78 is 12.4. The number of anilines is 3. The first-order valence-electron chi connectivity index (χ1n) is 15.0. The molecule has 45 heavy (non-hydrogen) atoms. The van der Waals surface area contributed by atoms with Crippen molar-refractivity contribution in [2.45, 2.75) is 0 Å². The quantitative estimate of drug-likeness (QED) is 0.204. The third-order valence-corrected chi connectivity index (χ3v) is 8.49. The van der Waals surface area contributed by atoms with Crippen molar-refractivity contribution in [2.75, 3.05) is 4.90 Å². The van der Waals surface area contributed by atoms with Crippen molar-refractivity contribution in [2.24, 2.45) is 0 Å². The van der Waals surface area contributed by atoms with Crippen molar-refractivity contribution in [3.05, 3.63) is 158 Å². The van der Waals surface area contributed by atoms with Crippen LogP contribution in [0, 0.1) is 0 Å². The minimum absolute atomic E-state index is 0.624. The Kier molecular flexibility index (Phi) is 5.78. The van der Waals surface area contributed by atoms with Gasteiger partial charge >= 0.3 is 0 Å². The van der Waals surface area contributed by atoms with Gasteiger partial charge in [0.2, 0.25) is 5.89 Å². The van der Waals surface area contributed by atoms with Crippen molar-refractivity contribution in [1.82, 2.24) is 4.98 Å². The first kappa shape index (κ1) is 25.4. The van der Waals surface area contributed by atoms with Gasteiger partial charge in [0.1, 0.15) is 16.7 Å². The molecule has 9 rings (SSSR count). The predicted octanol–water partition coefficient (Wildman–Crippen LogP) is 11.7. The minimum Gasteiger partial charge on any atom is -0.456 e. The van der Waals surface area contributed by atoms with E-state index in [0.29, 0.717) is 5.89 Å². The Bertz CT molecular complexity index is 2480. The normalized spacial score (nSPS) is 11.6. The molecule has 0 spiro atoms. The van der Waals surface area contributed by atoms with Crippen LogP contribution in [0.3, 0.4) is 0 Å². The summed E-state index contributed by atoms with van der Waals surface area (Å²) in [5.41, 5.74) is 9.87. The highest BCUT2D eigenvalue weighted by Gasteiger charge is 2.17. The van der Waals surface area contributed by atoms with E-state index in [4.69, 9.17) is 13.8 Å². The first-order valence-corrected chi connectivity index (χ1v) is 15.0. The van der Waals surface area contributed by atoms with Crippen molar-refractivity contribution in [3.8, 4) is 22.6 Å². The van der Waals surface area contributed by atoms with Gasteiger partial charge in [0, 0.05) is 38.8 Å². The Morgan fingerprint density at radius 3 is 1.98 bits per heavy atom. The molecule has 9 aromatic rings. The SMILES string of the molecule is c1ccc(-c2nc3c(ccc4ccc(N(c5ccccc5)c5ccc(-c6cccc7oc8ccccc8c67)cc5)cc43)o2)cc1. The molecule has 0 unspecified atom stereocenters. The van der Waals surface area contributed by atoms with Crippen LogP contribution in [0.25, 0.3) is 66.4 Å². The molecule has 0 aliphatic rings. The minimum atomic E-state index is 0.624. The maximum absolute atomic E-state index is 6.21. The Balaban J connectivity index is 1.17. The molecule has 0 bridgehead atoms. The molecule has 0 N–H and O–H groups in total. The van der Waals surface area contributed by atoms with Crippen molar-refractivity contribution >= 4 is 60.9 Å². The summed E-state index contributed by atoms with van der Waals surface area (Å²) >= 11 is 0. The number of fused-ring (bicyclic) bond motifs is 6. The van der Waals surface area contributed by atoms with Gasteiger partial charge in [-0.25, -0.2) is 4.98 Å². The Hall–Kier alpha value is -6.13. The Morgan fingerprint density at radius 2 is 1.13 bits per heavy atom. The molecule has 4 nitrogen and oxygen atoms in total. The van der Waals surface area contributed by atoms with Crippen LogP contribution in [0.5, 0.6) is 0 Å². The first-order chi connectivity index (χ1) is 22.3. The molecule has 7 aromatic carbocycles. The molecule has 2 heterocycles. The zero-order valence-corrected chi connectivity index (χ0v) is 24.2. The largest absolute Gasteiger partial charge is 0.456 e. The lowest BCUT2D eigenvalue weighted by atomic mass is 9.99. The summed E-state index contributed by atoms with van der Waals surface area (Å²) in [6.07, 6.45) is 0. The average molecular weight is 579 g/mol. The van der Waals surface area contributed by atoms with E-state index in [1.807, 2.05) is 60.7 Å². The molecule has 212 valence electrons. The van der Waals surface area contributed by atoms with Crippen LogP contribution >= 0.6 is 0 Å². The maximum atomic E-state index is 6.21. The van der Waals surface area contributed by atoms with Gasteiger partial charge in [-0.1, -0.05) is 91.0 Å². The van der Waals surface area contributed by atoms with Gasteiger partial charge in [-0.3, -0.25) is 0 Å². The third kappa shape index (κ3) is 4.27. The Labute approximate surface area is 259 Å². The zero-order chi connectivity index (χ0) is 29.7. The van der Waals surface area contributed by atoms with E-state index < -0.39 is 0 Å². The fraction of sp³-hybridized carbons (Fsp3) is 0. The number of benzene rings is 7. The van der Waals surface area contributed by atoms with E-state index in [1.54, 1.807) is 0 Å². The summed E-state index contributed by atoms with van der Waals surface area (Å²) in [6.45, 7) is 0. The maximum Gasteiger partial charge on any atom is 0.227 e. The van der Waals surface area contributed by atoms with Crippen LogP contribution in [0.1, 0.15) is 0 Å². The molecule has 0 saturated carbocycles. The van der Waals surface area contributed by atoms with Gasteiger partial charge < -0.3 is 13.7 Å². The van der Waals surface area contributed by atoms with E-state index in [1.165, 1.54) is 0 Å². The lowest BCUT2D eigenvalue weighted by molar-refractivity contribution is 0.620. The second-order valence-corrected chi connectivity index (χ2v) is 11.2. The summed E-state index contributed by atoms with van der Waals surface area (Å²) in [5.74, 6) is 0.624. The molecule has 2 aromatic heterocycles. The predicted molar refractivity (Wildman–Crippen MR) is 184 cm³/mol. The number of hydrogen-bond acceptors (Lipinski definition) is 4. The van der Waals surface area contributed by atoms with Gasteiger partial charge in [0.25, 0.3) is 0 Å². The number of para-hydroxylation sites is 2. The van der Waals surface area contributed by atoms with E-state index in [9.17, 15) is 0 Å². The van der Waals surface area contributed by atoms with Crippen molar-refractivity contribution < 1.29 is 8.83 Å². The lowest BCUT2D eigenvalue weighted by Crippen LogP contribution is -2.09. The molecule has 0 fully saturated rings. The summed E-state index contributed by atoms with van der Waals surface area (Å²) in [5, 5.41) is 4.43. The number of nitrogens with zero attached hydrogens (tertiary/aromatic N) is 2. The number of furan rings is 1. The van der Waals surface area contributed by atoms with E-state index >= 15 is 0 Å². The molecule has 0 aliphatic carbocycles. The second kappa shape index (κ2) is 10.2. The monoisotopic (exact) mass is 578 g/mol. The zero-order valence-electron chi connectivity index (χ0n) is 24.2.